The minimum absolute atomic E-state index is 0.105. The van der Waals surface area contributed by atoms with E-state index < -0.39 is 0 Å². The summed E-state index contributed by atoms with van der Waals surface area (Å²) in [5.74, 6) is 0.201. The summed E-state index contributed by atoms with van der Waals surface area (Å²) in [5.41, 5.74) is 3.07. The van der Waals surface area contributed by atoms with Gasteiger partial charge in [-0.1, -0.05) is 58.8 Å². The van der Waals surface area contributed by atoms with Crippen molar-refractivity contribution in [1.29, 1.82) is 0 Å². The lowest BCUT2D eigenvalue weighted by Crippen LogP contribution is -2.34. The number of hydrogen-bond donors (Lipinski definition) is 0. The molecule has 1 aliphatic heterocycles. The van der Waals surface area contributed by atoms with Crippen molar-refractivity contribution in [2.45, 2.75) is 43.8 Å². The van der Waals surface area contributed by atoms with Crippen molar-refractivity contribution >= 4 is 50.9 Å². The van der Waals surface area contributed by atoms with Gasteiger partial charge in [-0.05, 0) is 53.8 Å². The average molecular weight is 511 g/mol. The van der Waals surface area contributed by atoms with Crippen LogP contribution < -0.4 is 5.56 Å². The quantitative estimate of drug-likeness (QED) is 0.256. The molecule has 32 heavy (non-hydrogen) atoms. The fraction of sp³-hybridized carbons (Fsp3) is 0.320. The average Bonchev–Trinajstić information content (AvgIpc) is 2.82. The molecular formula is C25H25BrN3O2S-. The van der Waals surface area contributed by atoms with Crippen LogP contribution in [0, 0.1) is 0 Å². The maximum Gasteiger partial charge on any atom is 0.260 e. The third-order valence-corrected chi connectivity index (χ3v) is 6.66. The number of nitrogens with zero attached hydrogens (tertiary/aromatic N) is 3. The molecule has 2 aromatic carbocycles. The molecule has 0 N–H and O–H groups in total. The predicted molar refractivity (Wildman–Crippen MR) is 133 cm³/mol. The molecule has 2 heterocycles. The number of carbonyl (C=O) groups is 1. The number of rotatable bonds is 7. The molecule has 3 aromatic rings. The molecule has 0 fully saturated rings. The Bertz CT molecular complexity index is 1210. The summed E-state index contributed by atoms with van der Waals surface area (Å²) in [5, 5.41) is 0.881. The van der Waals surface area contributed by atoms with Crippen LogP contribution in [0.3, 0.4) is 0 Å². The van der Waals surface area contributed by atoms with Gasteiger partial charge in [-0.15, -0.1) is 0 Å². The van der Waals surface area contributed by atoms with Crippen LogP contribution in [0.2, 0.25) is 0 Å². The highest BCUT2D eigenvalue weighted by atomic mass is 79.9. The van der Waals surface area contributed by atoms with Crippen molar-refractivity contribution in [2.24, 2.45) is 0 Å². The maximum absolute atomic E-state index is 12.8. The second-order valence-corrected chi connectivity index (χ2v) is 9.29. The van der Waals surface area contributed by atoms with Crippen molar-refractivity contribution in [3.8, 4) is 0 Å². The van der Waals surface area contributed by atoms with Crippen LogP contribution in [0.25, 0.3) is 16.5 Å². The first-order valence-corrected chi connectivity index (χ1v) is 12.1. The number of aromatic nitrogens is 2. The third-order valence-electron chi connectivity index (χ3n) is 5.86. The van der Waals surface area contributed by atoms with Gasteiger partial charge in [-0.3, -0.25) is 14.6 Å². The zero-order valence-corrected chi connectivity index (χ0v) is 20.2. The molecule has 1 aliphatic rings. The molecule has 0 unspecified atom stereocenters. The number of hydrogen-bond acceptors (Lipinski definition) is 4. The fourth-order valence-electron chi connectivity index (χ4n) is 4.06. The topological polar surface area (TPSA) is 55.2 Å². The number of halogens is 1. The molecule has 0 saturated carbocycles. The van der Waals surface area contributed by atoms with Gasteiger partial charge in [0.2, 0.25) is 5.91 Å². The molecule has 5 nitrogen and oxygen atoms in total. The molecule has 1 aromatic heterocycles. The van der Waals surface area contributed by atoms with Crippen LogP contribution >= 0.6 is 15.9 Å². The van der Waals surface area contributed by atoms with Crippen LogP contribution in [-0.4, -0.2) is 33.4 Å². The number of amides is 1. The molecule has 4 rings (SSSR count). The van der Waals surface area contributed by atoms with E-state index in [1.807, 2.05) is 29.2 Å². The standard InChI is InChI=1S/C25H26BrN3O2S/c26-20-10-11-22-21(17-20)24(31)29(25(32)27-22)14-6-2-5-9-23(30)28-15-12-19(13-16-28)18-7-3-1-4-8-18/h1,3-4,7-8,10-12,17H,2,5-6,9,13-16H2,(H,27,32)/p-1. The fourth-order valence-corrected chi connectivity index (χ4v) is 4.69. The van der Waals surface area contributed by atoms with Crippen molar-refractivity contribution in [2.75, 3.05) is 13.1 Å². The molecule has 7 heteroatoms. The van der Waals surface area contributed by atoms with E-state index in [-0.39, 0.29) is 11.5 Å². The second-order valence-electron chi connectivity index (χ2n) is 8.01. The van der Waals surface area contributed by atoms with Gasteiger partial charge in [0.15, 0.2) is 0 Å². The van der Waals surface area contributed by atoms with Gasteiger partial charge >= 0.3 is 0 Å². The van der Waals surface area contributed by atoms with E-state index in [0.717, 1.165) is 36.7 Å². The maximum atomic E-state index is 12.8. The molecule has 166 valence electrons. The highest BCUT2D eigenvalue weighted by Gasteiger charge is 2.17. The van der Waals surface area contributed by atoms with Crippen molar-refractivity contribution < 1.29 is 4.79 Å². The van der Waals surface area contributed by atoms with E-state index in [0.29, 0.717) is 35.6 Å². The Morgan fingerprint density at radius 3 is 2.66 bits per heavy atom. The lowest BCUT2D eigenvalue weighted by atomic mass is 9.99. The summed E-state index contributed by atoms with van der Waals surface area (Å²) < 4.78 is 2.40. The number of fused-ring (bicyclic) bond motifs is 1. The number of carbonyl (C=O) groups excluding carboxylic acids is 1. The summed E-state index contributed by atoms with van der Waals surface area (Å²) in [6.07, 6.45) is 6.05. The summed E-state index contributed by atoms with van der Waals surface area (Å²) in [6.45, 7) is 1.97. The summed E-state index contributed by atoms with van der Waals surface area (Å²) in [7, 11) is 0. The van der Waals surface area contributed by atoms with Gasteiger partial charge in [0, 0.05) is 30.5 Å². The van der Waals surface area contributed by atoms with Crippen LogP contribution in [0.5, 0.6) is 0 Å². The molecule has 0 saturated heterocycles. The normalized spacial score (nSPS) is 13.9. The molecule has 0 spiro atoms. The number of benzene rings is 2. The summed E-state index contributed by atoms with van der Waals surface area (Å²) in [6, 6.07) is 15.8. The van der Waals surface area contributed by atoms with Gasteiger partial charge in [-0.25, -0.2) is 0 Å². The van der Waals surface area contributed by atoms with E-state index in [9.17, 15) is 9.59 Å². The summed E-state index contributed by atoms with van der Waals surface area (Å²) in [4.78, 5) is 31.7. The Hall–Kier alpha value is -2.51. The largest absolute Gasteiger partial charge is 0.742 e. The van der Waals surface area contributed by atoms with Crippen LogP contribution in [0.15, 0.2) is 69.0 Å². The molecule has 0 radical (unpaired) electrons. The highest BCUT2D eigenvalue weighted by Crippen LogP contribution is 2.22. The number of unbranched alkanes of at least 4 members (excludes halogenated alkanes) is 2. The summed E-state index contributed by atoms with van der Waals surface area (Å²) >= 11 is 8.73. The van der Waals surface area contributed by atoms with E-state index >= 15 is 0 Å². The van der Waals surface area contributed by atoms with E-state index in [4.69, 9.17) is 12.6 Å². The Morgan fingerprint density at radius 1 is 1.09 bits per heavy atom. The first-order valence-electron chi connectivity index (χ1n) is 10.9. The minimum atomic E-state index is -0.105. The monoisotopic (exact) mass is 510 g/mol. The Kier molecular flexibility index (Phi) is 7.37. The van der Waals surface area contributed by atoms with Crippen molar-refractivity contribution in [1.82, 2.24) is 14.5 Å². The third kappa shape index (κ3) is 5.27. The molecule has 0 atom stereocenters. The van der Waals surface area contributed by atoms with E-state index in [1.165, 1.54) is 11.1 Å². The van der Waals surface area contributed by atoms with E-state index in [1.54, 1.807) is 16.7 Å². The van der Waals surface area contributed by atoms with Crippen LogP contribution in [0.4, 0.5) is 0 Å². The molecular weight excluding hydrogens is 486 g/mol. The van der Waals surface area contributed by atoms with Gasteiger partial charge in [0.1, 0.15) is 0 Å². The van der Waals surface area contributed by atoms with Crippen LogP contribution in [0.1, 0.15) is 37.7 Å². The van der Waals surface area contributed by atoms with Crippen LogP contribution in [-0.2, 0) is 24.0 Å². The SMILES string of the molecule is O=C(CCCCCn1c([S-])nc2ccc(Br)cc2c1=O)N1CC=C(c2ccccc2)CC1. The predicted octanol–water partition coefficient (Wildman–Crippen LogP) is 4.94. The Balaban J connectivity index is 1.25. The van der Waals surface area contributed by atoms with Gasteiger partial charge in [0.25, 0.3) is 5.56 Å². The Morgan fingerprint density at radius 2 is 1.91 bits per heavy atom. The lowest BCUT2D eigenvalue weighted by molar-refractivity contribution is -0.130. The molecule has 1 amide bonds. The highest BCUT2D eigenvalue weighted by molar-refractivity contribution is 9.10. The smallest absolute Gasteiger partial charge is 0.260 e. The Labute approximate surface area is 201 Å². The molecule has 0 bridgehead atoms. The van der Waals surface area contributed by atoms with Gasteiger partial charge in [0.05, 0.1) is 10.9 Å². The zero-order chi connectivity index (χ0) is 22.5. The minimum Gasteiger partial charge on any atom is -0.742 e. The first kappa shape index (κ1) is 22.7. The van der Waals surface area contributed by atoms with Gasteiger partial charge < -0.3 is 22.1 Å². The van der Waals surface area contributed by atoms with Crippen molar-refractivity contribution in [3.63, 3.8) is 0 Å². The van der Waals surface area contributed by atoms with E-state index in [2.05, 4.69) is 39.1 Å². The van der Waals surface area contributed by atoms with Crippen molar-refractivity contribution in [3.05, 3.63) is 75.0 Å². The lowest BCUT2D eigenvalue weighted by Gasteiger charge is -2.27. The van der Waals surface area contributed by atoms with Gasteiger partial charge in [-0.2, -0.15) is 0 Å². The molecule has 0 aliphatic carbocycles. The second kappa shape index (κ2) is 10.4. The first-order chi connectivity index (χ1) is 15.5. The zero-order valence-electron chi connectivity index (χ0n) is 17.8.